The number of allylic oxidation sites excluding steroid dienone is 1. The molecule has 10 nitrogen and oxygen atoms in total. The van der Waals surface area contributed by atoms with Crippen LogP contribution in [0.15, 0.2) is 34.8 Å². The number of fused-ring (bicyclic) bond motifs is 3. The molecule has 0 aromatic heterocycles. The molecule has 4 atom stereocenters. The first kappa shape index (κ1) is 26.8. The summed E-state index contributed by atoms with van der Waals surface area (Å²) in [6, 6.07) is 2.52. The van der Waals surface area contributed by atoms with Crippen molar-refractivity contribution < 1.29 is 34.8 Å². The molecule has 7 N–H and O–H groups in total. The number of likely N-dealkylation sites (N-methyl/N-ethyl adjacent to an activating group) is 1. The molecule has 0 unspecified atom stereocenters. The Morgan fingerprint density at radius 3 is 2.41 bits per heavy atom. The van der Waals surface area contributed by atoms with Gasteiger partial charge < -0.3 is 31.5 Å². The molecule has 37 heavy (non-hydrogen) atoms. The van der Waals surface area contributed by atoms with Gasteiger partial charge in [-0.25, -0.2) is 0 Å². The summed E-state index contributed by atoms with van der Waals surface area (Å²) in [6.07, 6.45) is 0.346. The Balaban J connectivity index is 1.81. The third-order valence-corrected chi connectivity index (χ3v) is 7.65. The molecule has 200 valence electrons. The first-order chi connectivity index (χ1) is 17.1. The van der Waals surface area contributed by atoms with Crippen molar-refractivity contribution in [3.05, 3.63) is 51.5 Å². The van der Waals surface area contributed by atoms with Gasteiger partial charge in [-0.3, -0.25) is 19.3 Å². The molecule has 1 amide bonds. The Kier molecular flexibility index (Phi) is 6.51. The van der Waals surface area contributed by atoms with Crippen molar-refractivity contribution >= 4 is 17.5 Å². The number of phenolic OH excluding ortho intramolecular Hbond substituents is 1. The summed E-state index contributed by atoms with van der Waals surface area (Å²) in [5.74, 6) is -6.43. The normalized spacial score (nSPS) is 27.8. The van der Waals surface area contributed by atoms with Gasteiger partial charge >= 0.3 is 0 Å². The van der Waals surface area contributed by atoms with Gasteiger partial charge in [-0.1, -0.05) is 32.9 Å². The van der Waals surface area contributed by atoms with Crippen molar-refractivity contribution in [3.8, 4) is 5.75 Å². The minimum absolute atomic E-state index is 0.0150. The second kappa shape index (κ2) is 8.97. The van der Waals surface area contributed by atoms with Crippen molar-refractivity contribution in [1.82, 2.24) is 10.2 Å². The summed E-state index contributed by atoms with van der Waals surface area (Å²) < 4.78 is 0. The Morgan fingerprint density at radius 1 is 1.19 bits per heavy atom. The van der Waals surface area contributed by atoms with Gasteiger partial charge in [-0.2, -0.15) is 0 Å². The number of carbonyl (C=O) groups is 3. The fourth-order valence-corrected chi connectivity index (χ4v) is 5.98. The lowest BCUT2D eigenvalue weighted by molar-refractivity contribution is -0.148. The third kappa shape index (κ3) is 4.13. The lowest BCUT2D eigenvalue weighted by Crippen LogP contribution is -2.63. The zero-order valence-electron chi connectivity index (χ0n) is 21.8. The van der Waals surface area contributed by atoms with E-state index in [4.69, 9.17) is 5.73 Å². The average molecular weight is 514 g/mol. The van der Waals surface area contributed by atoms with Crippen LogP contribution in [-0.4, -0.2) is 75.1 Å². The van der Waals surface area contributed by atoms with Crippen LogP contribution in [0, 0.1) is 17.3 Å². The number of Topliss-reactive ketones (excluding diaryl/α,β-unsaturated/α-hetero) is 2. The fourth-order valence-electron chi connectivity index (χ4n) is 5.98. The Labute approximate surface area is 215 Å². The average Bonchev–Trinajstić information content (AvgIpc) is 2.76. The maximum Gasteiger partial charge on any atom is 0.255 e. The number of nitrogens with two attached hydrogens (primary N) is 1. The second-order valence-electron chi connectivity index (χ2n) is 11.7. The Bertz CT molecular complexity index is 1260. The number of hydrogen-bond acceptors (Lipinski definition) is 9. The maximum atomic E-state index is 13.7. The molecule has 0 bridgehead atoms. The number of carbonyl (C=O) groups excluding carboxylic acids is 3. The molecule has 10 heteroatoms. The van der Waals surface area contributed by atoms with E-state index in [-0.39, 0.29) is 35.1 Å². The van der Waals surface area contributed by atoms with Crippen molar-refractivity contribution in [1.29, 1.82) is 0 Å². The molecule has 1 aromatic carbocycles. The number of amides is 1. The first-order valence-corrected chi connectivity index (χ1v) is 12.3. The van der Waals surface area contributed by atoms with Gasteiger partial charge in [0.15, 0.2) is 11.4 Å². The number of aliphatic hydroxyl groups excluding tert-OH is 2. The number of nitrogens with one attached hydrogen (secondary N) is 1. The van der Waals surface area contributed by atoms with Crippen LogP contribution in [0.5, 0.6) is 5.75 Å². The van der Waals surface area contributed by atoms with Crippen molar-refractivity contribution in [2.45, 2.75) is 51.8 Å². The van der Waals surface area contributed by atoms with Gasteiger partial charge in [-0.05, 0) is 43.8 Å². The standard InChI is InChI=1S/C27H35N3O7/c1-26(2,3)11-29-10-13-7-6-12-8-14-9-15-19(30(4)5)22(33)18(25(28)36)24(35)27(15,37)23(34)17(14)21(32)16(12)20(13)31/h6-7,14-15,19,29,31,33-34,37H,8-11H2,1-5H3,(H2,28,36)/t14-,15-,19+,27+/m1/s1. The fraction of sp³-hybridized carbons (Fsp3) is 0.519. The molecule has 0 aliphatic heterocycles. The monoisotopic (exact) mass is 513 g/mol. The zero-order chi connectivity index (χ0) is 27.6. The number of hydrogen-bond donors (Lipinski definition) is 6. The highest BCUT2D eigenvalue weighted by molar-refractivity contribution is 6.24. The molecule has 1 aromatic rings. The number of rotatable bonds is 5. The number of primary amides is 1. The number of benzene rings is 1. The van der Waals surface area contributed by atoms with Crippen LogP contribution in [0.4, 0.5) is 0 Å². The third-order valence-electron chi connectivity index (χ3n) is 7.65. The molecule has 0 heterocycles. The summed E-state index contributed by atoms with van der Waals surface area (Å²) in [5, 5.41) is 48.0. The minimum Gasteiger partial charge on any atom is -0.510 e. The summed E-state index contributed by atoms with van der Waals surface area (Å²) in [6.45, 7) is 7.20. The zero-order valence-corrected chi connectivity index (χ0v) is 21.8. The van der Waals surface area contributed by atoms with E-state index >= 15 is 0 Å². The molecule has 0 saturated carbocycles. The van der Waals surface area contributed by atoms with E-state index in [0.29, 0.717) is 24.2 Å². The van der Waals surface area contributed by atoms with Gasteiger partial charge in [0.2, 0.25) is 5.78 Å². The van der Waals surface area contributed by atoms with Gasteiger partial charge in [0.05, 0.1) is 11.6 Å². The van der Waals surface area contributed by atoms with Gasteiger partial charge in [-0.15, -0.1) is 0 Å². The highest BCUT2D eigenvalue weighted by Gasteiger charge is 2.63. The SMILES string of the molecule is CN(C)[C@@H]1C(O)=C(C(N)=O)C(=O)[C@@]2(O)C(O)=C3C(=O)c4c(ccc(CNCC(C)(C)C)c4O)C[C@@H]3C[C@H]12. The summed E-state index contributed by atoms with van der Waals surface area (Å²) in [5.41, 5.74) is 2.88. The summed E-state index contributed by atoms with van der Waals surface area (Å²) >= 11 is 0. The van der Waals surface area contributed by atoms with Crippen LogP contribution in [0.1, 0.15) is 48.7 Å². The maximum absolute atomic E-state index is 13.7. The van der Waals surface area contributed by atoms with Crippen LogP contribution in [0.2, 0.25) is 0 Å². The minimum atomic E-state index is -2.63. The van der Waals surface area contributed by atoms with E-state index in [0.717, 1.165) is 0 Å². The number of phenols is 1. The van der Waals surface area contributed by atoms with Crippen LogP contribution in [0.3, 0.4) is 0 Å². The van der Waals surface area contributed by atoms with E-state index in [1.807, 2.05) is 0 Å². The number of aliphatic hydroxyl groups is 3. The van der Waals surface area contributed by atoms with Gasteiger partial charge in [0.25, 0.3) is 5.91 Å². The highest BCUT2D eigenvalue weighted by atomic mass is 16.3. The molecule has 0 radical (unpaired) electrons. The number of ketones is 2. The van der Waals surface area contributed by atoms with E-state index < -0.39 is 58.0 Å². The van der Waals surface area contributed by atoms with E-state index in [2.05, 4.69) is 26.1 Å². The number of nitrogens with zero attached hydrogens (tertiary/aromatic N) is 1. The highest BCUT2D eigenvalue weighted by Crippen LogP contribution is 2.52. The van der Waals surface area contributed by atoms with Crippen molar-refractivity contribution in [2.75, 3.05) is 20.6 Å². The first-order valence-electron chi connectivity index (χ1n) is 12.3. The Morgan fingerprint density at radius 2 is 1.84 bits per heavy atom. The smallest absolute Gasteiger partial charge is 0.255 e. The van der Waals surface area contributed by atoms with Crippen molar-refractivity contribution in [2.24, 2.45) is 23.0 Å². The lowest BCUT2D eigenvalue weighted by Gasteiger charge is -2.50. The molecule has 3 aliphatic carbocycles. The number of aromatic hydroxyl groups is 1. The molecule has 0 saturated heterocycles. The lowest BCUT2D eigenvalue weighted by atomic mass is 9.58. The summed E-state index contributed by atoms with van der Waals surface area (Å²) in [4.78, 5) is 40.6. The summed E-state index contributed by atoms with van der Waals surface area (Å²) in [7, 11) is 3.20. The second-order valence-corrected chi connectivity index (χ2v) is 11.7. The van der Waals surface area contributed by atoms with Crippen LogP contribution >= 0.6 is 0 Å². The van der Waals surface area contributed by atoms with Gasteiger partial charge in [0, 0.05) is 30.1 Å². The predicted molar refractivity (Wildman–Crippen MR) is 135 cm³/mol. The van der Waals surface area contributed by atoms with Gasteiger partial charge in [0.1, 0.15) is 22.8 Å². The molecular weight excluding hydrogens is 478 g/mol. The van der Waals surface area contributed by atoms with Crippen LogP contribution in [0.25, 0.3) is 0 Å². The van der Waals surface area contributed by atoms with E-state index in [1.165, 1.54) is 4.90 Å². The van der Waals surface area contributed by atoms with Crippen molar-refractivity contribution in [3.63, 3.8) is 0 Å². The van der Waals surface area contributed by atoms with Crippen LogP contribution in [-0.2, 0) is 22.6 Å². The quantitative estimate of drug-likeness (QED) is 0.317. The van der Waals surface area contributed by atoms with Crippen LogP contribution < -0.4 is 11.1 Å². The molecule has 3 aliphatic rings. The molecule has 0 spiro atoms. The Hall–Kier alpha value is -3.21. The predicted octanol–water partition coefficient (Wildman–Crippen LogP) is 1.26. The topological polar surface area (TPSA) is 173 Å². The molecule has 0 fully saturated rings. The largest absolute Gasteiger partial charge is 0.510 e. The van der Waals surface area contributed by atoms with E-state index in [9.17, 15) is 34.8 Å². The van der Waals surface area contributed by atoms with E-state index in [1.54, 1.807) is 26.2 Å². The molecular formula is C27H35N3O7. The molecule has 4 rings (SSSR count).